The second-order valence-electron chi connectivity index (χ2n) is 3.46. The normalized spacial score (nSPS) is 23.6. The second kappa shape index (κ2) is 3.74. The lowest BCUT2D eigenvalue weighted by Gasteiger charge is -2.18. The Hall–Kier alpha value is -0.550. The van der Waals surface area contributed by atoms with E-state index < -0.39 is 11.7 Å². The number of hydrogen-bond donors (Lipinski definition) is 0. The van der Waals surface area contributed by atoms with E-state index in [1.165, 1.54) is 12.1 Å². The number of hydrogen-bond acceptors (Lipinski definition) is 1. The number of aliphatic imine (C=N–C) groups is 1. The fraction of sp³-hybridized carbons (Fsp3) is 0.300. The van der Waals surface area contributed by atoms with Gasteiger partial charge in [-0.05, 0) is 17.2 Å². The Morgan fingerprint density at radius 3 is 2.38 bits per heavy atom. The van der Waals surface area contributed by atoms with E-state index in [4.69, 9.17) is 11.6 Å². The molecule has 1 aliphatic heterocycles. The maximum Gasteiger partial charge on any atom is 0.422 e. The fourth-order valence-electron chi connectivity index (χ4n) is 1.42. The van der Waals surface area contributed by atoms with Crippen molar-refractivity contribution in [3.8, 4) is 0 Å². The standard InChI is InChI=1S/C10H6BrClF3N/c11-4-6-1-2-7(3-8(6)12)9(5-16-9)10(13,14)15/h1-3,5H,4H2. The summed E-state index contributed by atoms with van der Waals surface area (Å²) in [6, 6.07) is 4.29. The molecule has 2 rings (SSSR count). The summed E-state index contributed by atoms with van der Waals surface area (Å²) in [5, 5.41) is 0.819. The molecule has 1 heterocycles. The zero-order valence-corrected chi connectivity index (χ0v) is 10.2. The van der Waals surface area contributed by atoms with Crippen LogP contribution < -0.4 is 0 Å². The quantitative estimate of drug-likeness (QED) is 0.730. The average Bonchev–Trinajstić information content (AvgIpc) is 2.97. The maximum atomic E-state index is 12.7. The molecule has 0 bridgehead atoms. The Morgan fingerprint density at radius 1 is 1.38 bits per heavy atom. The minimum atomic E-state index is -4.40. The molecule has 0 saturated carbocycles. The monoisotopic (exact) mass is 311 g/mol. The van der Waals surface area contributed by atoms with Crippen molar-refractivity contribution in [2.24, 2.45) is 4.99 Å². The van der Waals surface area contributed by atoms with Crippen molar-refractivity contribution in [3.05, 3.63) is 34.3 Å². The first-order chi connectivity index (χ1) is 7.40. The topological polar surface area (TPSA) is 12.4 Å². The van der Waals surface area contributed by atoms with E-state index in [2.05, 4.69) is 20.9 Å². The molecule has 1 nitrogen and oxygen atoms in total. The fourth-order valence-corrected chi connectivity index (χ4v) is 2.31. The summed E-state index contributed by atoms with van der Waals surface area (Å²) in [5.74, 6) is 0. The Morgan fingerprint density at radius 2 is 2.00 bits per heavy atom. The molecular formula is C10H6BrClF3N. The van der Waals surface area contributed by atoms with E-state index in [9.17, 15) is 13.2 Å². The first-order valence-corrected chi connectivity index (χ1v) is 5.88. The van der Waals surface area contributed by atoms with Crippen molar-refractivity contribution in [1.29, 1.82) is 0 Å². The molecule has 0 aliphatic carbocycles. The average molecular weight is 313 g/mol. The molecule has 1 unspecified atom stereocenters. The molecule has 1 aliphatic rings. The number of rotatable bonds is 2. The van der Waals surface area contributed by atoms with E-state index in [1.807, 2.05) is 0 Å². The highest BCUT2D eigenvalue weighted by molar-refractivity contribution is 9.08. The summed E-state index contributed by atoms with van der Waals surface area (Å²) in [6.45, 7) is 0. The van der Waals surface area contributed by atoms with Crippen LogP contribution in [0.15, 0.2) is 23.2 Å². The lowest BCUT2D eigenvalue weighted by molar-refractivity contribution is -0.156. The maximum absolute atomic E-state index is 12.7. The van der Waals surface area contributed by atoms with Crippen LogP contribution in [0.25, 0.3) is 0 Å². The van der Waals surface area contributed by atoms with Crippen molar-refractivity contribution in [3.63, 3.8) is 0 Å². The van der Waals surface area contributed by atoms with Crippen LogP contribution in [0.1, 0.15) is 11.1 Å². The van der Waals surface area contributed by atoms with Crippen LogP contribution in [-0.2, 0) is 10.9 Å². The van der Waals surface area contributed by atoms with Gasteiger partial charge in [-0.1, -0.05) is 39.7 Å². The van der Waals surface area contributed by atoms with E-state index in [1.54, 1.807) is 6.07 Å². The third-order valence-corrected chi connectivity index (χ3v) is 3.41. The summed E-state index contributed by atoms with van der Waals surface area (Å²) in [7, 11) is 0. The molecule has 0 aromatic heterocycles. The summed E-state index contributed by atoms with van der Waals surface area (Å²) < 4.78 is 38.2. The van der Waals surface area contributed by atoms with Crippen LogP contribution in [0.3, 0.4) is 0 Å². The Balaban J connectivity index is 2.40. The summed E-state index contributed by atoms with van der Waals surface area (Å²) >= 11 is 9.06. The van der Waals surface area contributed by atoms with Gasteiger partial charge in [-0.2, -0.15) is 13.2 Å². The van der Waals surface area contributed by atoms with Gasteiger partial charge in [0.1, 0.15) is 0 Å². The van der Waals surface area contributed by atoms with Crippen LogP contribution in [0.5, 0.6) is 0 Å². The van der Waals surface area contributed by atoms with Gasteiger partial charge in [0.05, 0.1) is 0 Å². The van der Waals surface area contributed by atoms with Crippen molar-refractivity contribution in [2.45, 2.75) is 17.0 Å². The minimum Gasteiger partial charge on any atom is -0.267 e. The molecule has 1 aromatic rings. The highest BCUT2D eigenvalue weighted by Crippen LogP contribution is 2.48. The Labute approximate surface area is 103 Å². The number of halogens is 5. The molecule has 0 saturated heterocycles. The third-order valence-electron chi connectivity index (χ3n) is 2.46. The lowest BCUT2D eigenvalue weighted by atomic mass is 9.96. The van der Waals surface area contributed by atoms with E-state index >= 15 is 0 Å². The number of benzene rings is 1. The van der Waals surface area contributed by atoms with Crippen LogP contribution in [-0.4, -0.2) is 12.4 Å². The molecule has 0 spiro atoms. The second-order valence-corrected chi connectivity index (χ2v) is 4.43. The molecule has 16 heavy (non-hydrogen) atoms. The van der Waals surface area contributed by atoms with Crippen molar-refractivity contribution in [2.75, 3.05) is 0 Å². The number of nitrogens with zero attached hydrogens (tertiary/aromatic N) is 1. The van der Waals surface area contributed by atoms with Gasteiger partial charge >= 0.3 is 6.18 Å². The van der Waals surface area contributed by atoms with E-state index in [0.717, 1.165) is 11.8 Å². The lowest BCUT2D eigenvalue weighted by Crippen LogP contribution is -2.31. The van der Waals surface area contributed by atoms with Gasteiger partial charge in [0, 0.05) is 16.6 Å². The van der Waals surface area contributed by atoms with Gasteiger partial charge in [0.25, 0.3) is 0 Å². The van der Waals surface area contributed by atoms with Gasteiger partial charge in [-0.15, -0.1) is 0 Å². The molecule has 1 atom stereocenters. The smallest absolute Gasteiger partial charge is 0.267 e. The summed E-state index contributed by atoms with van der Waals surface area (Å²) in [4.78, 5) is 3.35. The van der Waals surface area contributed by atoms with Crippen molar-refractivity contribution in [1.82, 2.24) is 0 Å². The van der Waals surface area contributed by atoms with E-state index in [0.29, 0.717) is 10.4 Å². The summed E-state index contributed by atoms with van der Waals surface area (Å²) in [5.41, 5.74) is -1.32. The van der Waals surface area contributed by atoms with Crippen LogP contribution in [0.4, 0.5) is 13.2 Å². The zero-order valence-electron chi connectivity index (χ0n) is 7.85. The molecular weight excluding hydrogens is 306 g/mol. The molecule has 86 valence electrons. The van der Waals surface area contributed by atoms with Crippen LogP contribution >= 0.6 is 27.5 Å². The van der Waals surface area contributed by atoms with Gasteiger partial charge < -0.3 is 0 Å². The van der Waals surface area contributed by atoms with Gasteiger partial charge in [-0.3, -0.25) is 4.99 Å². The van der Waals surface area contributed by atoms with Crippen LogP contribution in [0.2, 0.25) is 5.02 Å². The first kappa shape index (κ1) is 11.9. The van der Waals surface area contributed by atoms with Crippen molar-refractivity contribution < 1.29 is 13.2 Å². The highest BCUT2D eigenvalue weighted by atomic mass is 79.9. The van der Waals surface area contributed by atoms with Gasteiger partial charge in [0.15, 0.2) is 0 Å². The zero-order chi connectivity index (χ0) is 12.0. The van der Waals surface area contributed by atoms with Gasteiger partial charge in [-0.25, -0.2) is 0 Å². The molecule has 0 radical (unpaired) electrons. The highest BCUT2D eigenvalue weighted by Gasteiger charge is 2.61. The third kappa shape index (κ3) is 1.76. The summed E-state index contributed by atoms with van der Waals surface area (Å²) in [6.07, 6.45) is -3.50. The first-order valence-electron chi connectivity index (χ1n) is 4.39. The SMILES string of the molecule is FC(F)(F)C1(c2ccc(CBr)c(Cl)c2)C=N1. The predicted molar refractivity (Wildman–Crippen MR) is 60.3 cm³/mol. The molecule has 0 fully saturated rings. The largest absolute Gasteiger partial charge is 0.422 e. The minimum absolute atomic E-state index is 0.0645. The van der Waals surface area contributed by atoms with E-state index in [-0.39, 0.29) is 5.56 Å². The molecule has 0 N–H and O–H groups in total. The Bertz CT molecular complexity index is 450. The molecule has 1 aromatic carbocycles. The molecule has 0 amide bonds. The van der Waals surface area contributed by atoms with Crippen LogP contribution in [0, 0.1) is 0 Å². The number of alkyl halides is 4. The molecule has 6 heteroatoms. The van der Waals surface area contributed by atoms with Crippen molar-refractivity contribution >= 4 is 33.7 Å². The Kier molecular flexibility index (Phi) is 2.78. The predicted octanol–water partition coefficient (Wildman–Crippen LogP) is 4.08. The van der Waals surface area contributed by atoms with Gasteiger partial charge in [0.2, 0.25) is 5.54 Å².